The van der Waals surface area contributed by atoms with Crippen molar-refractivity contribution in [3.63, 3.8) is 0 Å². The molecule has 136 valence electrons. The first-order chi connectivity index (χ1) is 12.4. The highest BCUT2D eigenvalue weighted by Gasteiger charge is 2.13. The molecule has 26 heavy (non-hydrogen) atoms. The first-order valence-corrected chi connectivity index (χ1v) is 8.56. The Bertz CT molecular complexity index is 910. The van der Waals surface area contributed by atoms with Gasteiger partial charge in [-0.05, 0) is 43.7 Å². The standard InChI is InChI=1S/C19H20ClN3O3/c1-12-5-4-6-16(20)18(12)25-11-15-7-8-17(26-15)19(24)21-10-14-9-13(2)22-23(14)3/h4-9H,10-11H2,1-3H3,(H,21,24). The summed E-state index contributed by atoms with van der Waals surface area (Å²) in [5, 5.41) is 7.61. The lowest BCUT2D eigenvalue weighted by Crippen LogP contribution is -2.23. The van der Waals surface area contributed by atoms with Gasteiger partial charge in [0, 0.05) is 7.05 Å². The zero-order chi connectivity index (χ0) is 18.7. The van der Waals surface area contributed by atoms with Crippen molar-refractivity contribution < 1.29 is 13.9 Å². The molecule has 6 nitrogen and oxygen atoms in total. The fourth-order valence-electron chi connectivity index (χ4n) is 2.61. The van der Waals surface area contributed by atoms with Crippen LogP contribution in [0.2, 0.25) is 5.02 Å². The average Bonchev–Trinajstić information content (AvgIpc) is 3.18. The molecule has 0 unspecified atom stereocenters. The monoisotopic (exact) mass is 373 g/mol. The number of hydrogen-bond acceptors (Lipinski definition) is 4. The molecule has 3 aromatic rings. The van der Waals surface area contributed by atoms with Crippen molar-refractivity contribution in [3.8, 4) is 5.75 Å². The molecule has 1 aromatic carbocycles. The average molecular weight is 374 g/mol. The quantitative estimate of drug-likeness (QED) is 0.713. The Hall–Kier alpha value is -2.73. The van der Waals surface area contributed by atoms with Gasteiger partial charge in [0.15, 0.2) is 5.76 Å². The Balaban J connectivity index is 1.58. The third kappa shape index (κ3) is 4.08. The molecular formula is C19H20ClN3O3. The molecule has 0 bridgehead atoms. The zero-order valence-electron chi connectivity index (χ0n) is 14.9. The summed E-state index contributed by atoms with van der Waals surface area (Å²) in [7, 11) is 1.84. The predicted molar refractivity (Wildman–Crippen MR) is 98.3 cm³/mol. The normalized spacial score (nSPS) is 10.8. The SMILES string of the molecule is Cc1cc(CNC(=O)c2ccc(COc3c(C)cccc3Cl)o2)n(C)n1. The summed E-state index contributed by atoms with van der Waals surface area (Å²) in [4.78, 5) is 12.2. The number of para-hydroxylation sites is 1. The number of carbonyl (C=O) groups excluding carboxylic acids is 1. The summed E-state index contributed by atoms with van der Waals surface area (Å²) in [5.41, 5.74) is 2.76. The first kappa shape index (κ1) is 18.1. The van der Waals surface area contributed by atoms with Gasteiger partial charge in [0.25, 0.3) is 5.91 Å². The molecule has 0 spiro atoms. The van der Waals surface area contributed by atoms with Gasteiger partial charge in [-0.15, -0.1) is 0 Å². The van der Waals surface area contributed by atoms with Crippen molar-refractivity contribution in [3.05, 3.63) is 69.9 Å². The lowest BCUT2D eigenvalue weighted by molar-refractivity contribution is 0.0918. The Kier molecular flexibility index (Phi) is 5.32. The summed E-state index contributed by atoms with van der Waals surface area (Å²) in [6.07, 6.45) is 0. The highest BCUT2D eigenvalue weighted by atomic mass is 35.5. The number of aromatic nitrogens is 2. The minimum Gasteiger partial charge on any atom is -0.484 e. The van der Waals surface area contributed by atoms with E-state index in [0.29, 0.717) is 23.1 Å². The second-order valence-electron chi connectivity index (χ2n) is 6.02. The molecule has 0 aliphatic heterocycles. The maximum Gasteiger partial charge on any atom is 0.287 e. The zero-order valence-corrected chi connectivity index (χ0v) is 15.6. The molecule has 0 radical (unpaired) electrons. The van der Waals surface area contributed by atoms with Crippen molar-refractivity contribution >= 4 is 17.5 Å². The van der Waals surface area contributed by atoms with E-state index in [1.807, 2.05) is 39.1 Å². The summed E-state index contributed by atoms with van der Waals surface area (Å²) in [6, 6.07) is 10.8. The van der Waals surface area contributed by atoms with Crippen LogP contribution < -0.4 is 10.1 Å². The van der Waals surface area contributed by atoms with Crippen molar-refractivity contribution in [2.45, 2.75) is 27.0 Å². The summed E-state index contributed by atoms with van der Waals surface area (Å²) >= 11 is 6.14. The topological polar surface area (TPSA) is 69.3 Å². The number of amides is 1. The Morgan fingerprint density at radius 2 is 2.12 bits per heavy atom. The Morgan fingerprint density at radius 3 is 2.81 bits per heavy atom. The second kappa shape index (κ2) is 7.66. The maximum absolute atomic E-state index is 12.2. The molecule has 1 amide bonds. The molecule has 0 saturated carbocycles. The van der Waals surface area contributed by atoms with Crippen LogP contribution >= 0.6 is 11.6 Å². The van der Waals surface area contributed by atoms with E-state index >= 15 is 0 Å². The Morgan fingerprint density at radius 1 is 1.31 bits per heavy atom. The molecule has 0 atom stereocenters. The van der Waals surface area contributed by atoms with E-state index in [-0.39, 0.29) is 18.3 Å². The van der Waals surface area contributed by atoms with E-state index in [0.717, 1.165) is 17.0 Å². The predicted octanol–water partition coefficient (Wildman–Crippen LogP) is 3.79. The van der Waals surface area contributed by atoms with Crippen molar-refractivity contribution in [2.24, 2.45) is 7.05 Å². The van der Waals surface area contributed by atoms with Gasteiger partial charge in [-0.3, -0.25) is 9.48 Å². The van der Waals surface area contributed by atoms with Crippen molar-refractivity contribution in [1.82, 2.24) is 15.1 Å². The van der Waals surface area contributed by atoms with E-state index in [2.05, 4.69) is 10.4 Å². The number of nitrogens with one attached hydrogen (secondary N) is 1. The van der Waals surface area contributed by atoms with Gasteiger partial charge in [0.2, 0.25) is 0 Å². The van der Waals surface area contributed by atoms with Crippen LogP contribution in [0.3, 0.4) is 0 Å². The first-order valence-electron chi connectivity index (χ1n) is 8.18. The van der Waals surface area contributed by atoms with E-state index < -0.39 is 0 Å². The molecule has 2 aromatic heterocycles. The number of benzene rings is 1. The number of hydrogen-bond donors (Lipinski definition) is 1. The van der Waals surface area contributed by atoms with E-state index in [1.165, 1.54) is 0 Å². The molecule has 0 aliphatic carbocycles. The molecular weight excluding hydrogens is 354 g/mol. The number of furan rings is 1. The largest absolute Gasteiger partial charge is 0.484 e. The van der Waals surface area contributed by atoms with E-state index in [9.17, 15) is 4.79 Å². The molecule has 3 rings (SSSR count). The van der Waals surface area contributed by atoms with Crippen LogP contribution in [0.4, 0.5) is 0 Å². The number of ether oxygens (including phenoxy) is 1. The fourth-order valence-corrected chi connectivity index (χ4v) is 2.88. The van der Waals surface area contributed by atoms with Crippen LogP contribution in [0.15, 0.2) is 40.8 Å². The number of nitrogens with zero attached hydrogens (tertiary/aromatic N) is 2. The minimum absolute atomic E-state index is 0.193. The number of carbonyl (C=O) groups is 1. The van der Waals surface area contributed by atoms with Crippen LogP contribution in [0.25, 0.3) is 0 Å². The summed E-state index contributed by atoms with van der Waals surface area (Å²) < 4.78 is 13.0. The number of rotatable bonds is 6. The van der Waals surface area contributed by atoms with Gasteiger partial charge in [-0.1, -0.05) is 23.7 Å². The minimum atomic E-state index is -0.288. The lowest BCUT2D eigenvalue weighted by Gasteiger charge is -2.09. The highest BCUT2D eigenvalue weighted by Crippen LogP contribution is 2.28. The highest BCUT2D eigenvalue weighted by molar-refractivity contribution is 6.32. The van der Waals surface area contributed by atoms with Crippen LogP contribution in [-0.4, -0.2) is 15.7 Å². The molecule has 0 fully saturated rings. The van der Waals surface area contributed by atoms with Crippen LogP contribution in [0.1, 0.15) is 33.3 Å². The van der Waals surface area contributed by atoms with Crippen molar-refractivity contribution in [2.75, 3.05) is 0 Å². The van der Waals surface area contributed by atoms with Crippen LogP contribution in [-0.2, 0) is 20.2 Å². The fraction of sp³-hybridized carbons (Fsp3) is 0.263. The maximum atomic E-state index is 12.2. The van der Waals surface area contributed by atoms with Gasteiger partial charge in [0.1, 0.15) is 18.1 Å². The number of aryl methyl sites for hydroxylation is 3. The molecule has 2 heterocycles. The van der Waals surface area contributed by atoms with E-state index in [1.54, 1.807) is 22.9 Å². The third-order valence-electron chi connectivity index (χ3n) is 3.94. The third-order valence-corrected chi connectivity index (χ3v) is 4.23. The summed E-state index contributed by atoms with van der Waals surface area (Å²) in [5.74, 6) is 1.11. The molecule has 0 saturated heterocycles. The van der Waals surface area contributed by atoms with Gasteiger partial charge >= 0.3 is 0 Å². The van der Waals surface area contributed by atoms with Crippen LogP contribution in [0, 0.1) is 13.8 Å². The Labute approximate surface area is 156 Å². The van der Waals surface area contributed by atoms with E-state index in [4.69, 9.17) is 20.8 Å². The molecule has 7 heteroatoms. The molecule has 0 aliphatic rings. The summed E-state index contributed by atoms with van der Waals surface area (Å²) in [6.45, 7) is 4.40. The van der Waals surface area contributed by atoms with Gasteiger partial charge in [-0.25, -0.2) is 0 Å². The number of halogens is 1. The lowest BCUT2D eigenvalue weighted by atomic mass is 10.2. The van der Waals surface area contributed by atoms with Gasteiger partial charge in [-0.2, -0.15) is 5.10 Å². The molecule has 1 N–H and O–H groups in total. The van der Waals surface area contributed by atoms with Gasteiger partial charge < -0.3 is 14.5 Å². The van der Waals surface area contributed by atoms with Crippen molar-refractivity contribution in [1.29, 1.82) is 0 Å². The van der Waals surface area contributed by atoms with Crippen LogP contribution in [0.5, 0.6) is 5.75 Å². The smallest absolute Gasteiger partial charge is 0.287 e. The van der Waals surface area contributed by atoms with Gasteiger partial charge in [0.05, 0.1) is 23.0 Å². The second-order valence-corrected chi connectivity index (χ2v) is 6.43.